The molecule has 0 spiro atoms. The fourth-order valence-electron chi connectivity index (χ4n) is 2.33. The van der Waals surface area contributed by atoms with Crippen molar-refractivity contribution in [3.05, 3.63) is 35.4 Å². The van der Waals surface area contributed by atoms with Crippen molar-refractivity contribution in [1.82, 2.24) is 5.32 Å². The standard InChI is InChI=1S/C17H25NO2/c1-12-5-7-13(8-6-12)16(14-9-10-14)18-11-15(19)20-17(2,3)4/h5-8,14,16,18H,9-11H2,1-4H3. The number of aryl methyl sites for hydroxylation is 1. The van der Waals surface area contributed by atoms with E-state index >= 15 is 0 Å². The van der Waals surface area contributed by atoms with Crippen LogP contribution in [-0.2, 0) is 9.53 Å². The van der Waals surface area contributed by atoms with Gasteiger partial charge < -0.3 is 4.74 Å². The molecule has 2 rings (SSSR count). The average molecular weight is 275 g/mol. The summed E-state index contributed by atoms with van der Waals surface area (Å²) in [6.07, 6.45) is 2.47. The molecule has 1 aliphatic rings. The van der Waals surface area contributed by atoms with Gasteiger partial charge in [-0.15, -0.1) is 0 Å². The minimum atomic E-state index is -0.419. The first-order valence-corrected chi connectivity index (χ1v) is 7.37. The van der Waals surface area contributed by atoms with E-state index in [4.69, 9.17) is 4.74 Å². The van der Waals surface area contributed by atoms with Crippen LogP contribution in [0.1, 0.15) is 50.8 Å². The van der Waals surface area contributed by atoms with Gasteiger partial charge in [0.1, 0.15) is 5.60 Å². The van der Waals surface area contributed by atoms with Crippen LogP contribution in [0.25, 0.3) is 0 Å². The number of nitrogens with one attached hydrogen (secondary N) is 1. The molecule has 0 radical (unpaired) electrons. The summed E-state index contributed by atoms with van der Waals surface area (Å²) in [7, 11) is 0. The van der Waals surface area contributed by atoms with Crippen molar-refractivity contribution in [2.45, 2.75) is 52.2 Å². The Balaban J connectivity index is 1.93. The number of benzene rings is 1. The van der Waals surface area contributed by atoms with Gasteiger partial charge in [0.05, 0.1) is 6.54 Å². The van der Waals surface area contributed by atoms with Gasteiger partial charge >= 0.3 is 5.97 Å². The van der Waals surface area contributed by atoms with Gasteiger partial charge in [0.2, 0.25) is 0 Å². The summed E-state index contributed by atoms with van der Waals surface area (Å²) in [6, 6.07) is 8.82. The summed E-state index contributed by atoms with van der Waals surface area (Å²) >= 11 is 0. The van der Waals surface area contributed by atoms with Crippen LogP contribution in [0, 0.1) is 12.8 Å². The van der Waals surface area contributed by atoms with Gasteiger partial charge in [0, 0.05) is 6.04 Å². The molecule has 1 saturated carbocycles. The number of esters is 1. The van der Waals surface area contributed by atoms with Crippen molar-refractivity contribution in [3.63, 3.8) is 0 Å². The average Bonchev–Trinajstić information content (AvgIpc) is 3.13. The Kier molecular flexibility index (Phi) is 4.48. The van der Waals surface area contributed by atoms with Crippen molar-refractivity contribution < 1.29 is 9.53 Å². The second-order valence-corrected chi connectivity index (χ2v) is 6.69. The molecule has 1 aromatic carbocycles. The Morgan fingerprint density at radius 1 is 1.30 bits per heavy atom. The van der Waals surface area contributed by atoms with Crippen LogP contribution in [0.2, 0.25) is 0 Å². The Labute approximate surface area is 121 Å². The smallest absolute Gasteiger partial charge is 0.320 e. The predicted molar refractivity (Wildman–Crippen MR) is 80.5 cm³/mol. The highest BCUT2D eigenvalue weighted by Gasteiger charge is 2.32. The lowest BCUT2D eigenvalue weighted by Gasteiger charge is -2.22. The van der Waals surface area contributed by atoms with Crippen molar-refractivity contribution in [2.24, 2.45) is 5.92 Å². The maximum absolute atomic E-state index is 11.8. The molecule has 20 heavy (non-hydrogen) atoms. The molecule has 1 N–H and O–H groups in total. The van der Waals surface area contributed by atoms with Gasteiger partial charge in [0.25, 0.3) is 0 Å². The zero-order chi connectivity index (χ0) is 14.8. The molecule has 0 saturated heterocycles. The summed E-state index contributed by atoms with van der Waals surface area (Å²) in [5.74, 6) is 0.468. The van der Waals surface area contributed by atoms with E-state index in [0.717, 1.165) is 0 Å². The summed E-state index contributed by atoms with van der Waals surface area (Å²) in [5.41, 5.74) is 2.11. The second kappa shape index (κ2) is 5.96. The Morgan fingerprint density at radius 3 is 2.40 bits per heavy atom. The van der Waals surface area contributed by atoms with Crippen LogP contribution in [-0.4, -0.2) is 18.1 Å². The molecule has 3 heteroatoms. The van der Waals surface area contributed by atoms with Crippen LogP contribution in [0.3, 0.4) is 0 Å². The molecule has 0 aromatic heterocycles. The first-order chi connectivity index (χ1) is 9.35. The largest absolute Gasteiger partial charge is 0.459 e. The van der Waals surface area contributed by atoms with Crippen molar-refractivity contribution >= 4 is 5.97 Å². The molecule has 1 unspecified atom stereocenters. The lowest BCUT2D eigenvalue weighted by Crippen LogP contribution is -2.34. The third kappa shape index (κ3) is 4.64. The lowest BCUT2D eigenvalue weighted by molar-refractivity contribution is -0.153. The molecule has 0 bridgehead atoms. The third-order valence-electron chi connectivity index (χ3n) is 3.42. The molecule has 3 nitrogen and oxygen atoms in total. The zero-order valence-electron chi connectivity index (χ0n) is 12.9. The summed E-state index contributed by atoms with van der Waals surface area (Å²) in [6.45, 7) is 8.03. The quantitative estimate of drug-likeness (QED) is 0.837. The van der Waals surface area contributed by atoms with E-state index in [1.54, 1.807) is 0 Å². The molecule has 1 aliphatic carbocycles. The first-order valence-electron chi connectivity index (χ1n) is 7.37. The fourth-order valence-corrected chi connectivity index (χ4v) is 2.33. The molecule has 1 atom stereocenters. The molecule has 110 valence electrons. The number of rotatable bonds is 5. The van der Waals surface area contributed by atoms with Crippen LogP contribution >= 0.6 is 0 Å². The highest BCUT2D eigenvalue weighted by atomic mass is 16.6. The summed E-state index contributed by atoms with van der Waals surface area (Å²) in [4.78, 5) is 11.8. The number of hydrogen-bond donors (Lipinski definition) is 1. The molecule has 1 aromatic rings. The molecule has 1 fully saturated rings. The predicted octanol–water partition coefficient (Wildman–Crippen LogP) is 3.38. The van der Waals surface area contributed by atoms with Crippen LogP contribution < -0.4 is 5.32 Å². The highest BCUT2D eigenvalue weighted by Crippen LogP contribution is 2.40. The molecule has 0 amide bonds. The van der Waals surface area contributed by atoms with Crippen LogP contribution in [0.4, 0.5) is 0 Å². The summed E-state index contributed by atoms with van der Waals surface area (Å²) in [5, 5.41) is 3.37. The number of carbonyl (C=O) groups is 1. The third-order valence-corrected chi connectivity index (χ3v) is 3.42. The fraction of sp³-hybridized carbons (Fsp3) is 0.588. The number of hydrogen-bond acceptors (Lipinski definition) is 3. The van der Waals surface area contributed by atoms with E-state index in [9.17, 15) is 4.79 Å². The van der Waals surface area contributed by atoms with E-state index in [1.807, 2.05) is 20.8 Å². The second-order valence-electron chi connectivity index (χ2n) is 6.69. The van der Waals surface area contributed by atoms with Crippen LogP contribution in [0.5, 0.6) is 0 Å². The molecular formula is C17H25NO2. The Morgan fingerprint density at radius 2 is 1.90 bits per heavy atom. The normalized spacial score (nSPS) is 16.8. The Hall–Kier alpha value is -1.35. The van der Waals surface area contributed by atoms with E-state index in [1.165, 1.54) is 24.0 Å². The van der Waals surface area contributed by atoms with Gasteiger partial charge in [-0.3, -0.25) is 10.1 Å². The SMILES string of the molecule is Cc1ccc(C(NCC(=O)OC(C)(C)C)C2CC2)cc1. The van der Waals surface area contributed by atoms with Gasteiger partial charge in [-0.25, -0.2) is 0 Å². The van der Waals surface area contributed by atoms with Crippen molar-refractivity contribution in [2.75, 3.05) is 6.54 Å². The van der Waals surface area contributed by atoms with E-state index < -0.39 is 5.60 Å². The monoisotopic (exact) mass is 275 g/mol. The van der Waals surface area contributed by atoms with Gasteiger partial charge in [0.15, 0.2) is 0 Å². The van der Waals surface area contributed by atoms with Crippen molar-refractivity contribution in [1.29, 1.82) is 0 Å². The highest BCUT2D eigenvalue weighted by molar-refractivity contribution is 5.72. The first kappa shape index (κ1) is 15.0. The van der Waals surface area contributed by atoms with Gasteiger partial charge in [-0.2, -0.15) is 0 Å². The van der Waals surface area contributed by atoms with E-state index in [2.05, 4.69) is 36.5 Å². The number of ether oxygens (including phenoxy) is 1. The van der Waals surface area contributed by atoms with Gasteiger partial charge in [-0.05, 0) is 52.0 Å². The zero-order valence-corrected chi connectivity index (χ0v) is 12.9. The minimum Gasteiger partial charge on any atom is -0.459 e. The van der Waals surface area contributed by atoms with Gasteiger partial charge in [-0.1, -0.05) is 29.8 Å². The van der Waals surface area contributed by atoms with Crippen molar-refractivity contribution in [3.8, 4) is 0 Å². The molecule has 0 aliphatic heterocycles. The molecular weight excluding hydrogens is 250 g/mol. The maximum atomic E-state index is 11.8. The van der Waals surface area contributed by atoms with E-state index in [-0.39, 0.29) is 18.6 Å². The molecule has 0 heterocycles. The van der Waals surface area contributed by atoms with Crippen LogP contribution in [0.15, 0.2) is 24.3 Å². The summed E-state index contributed by atoms with van der Waals surface area (Å²) < 4.78 is 5.34. The Bertz CT molecular complexity index is 455. The minimum absolute atomic E-state index is 0.185. The van der Waals surface area contributed by atoms with E-state index in [0.29, 0.717) is 5.92 Å². The topological polar surface area (TPSA) is 38.3 Å². The maximum Gasteiger partial charge on any atom is 0.320 e. The lowest BCUT2D eigenvalue weighted by atomic mass is 10.0. The number of carbonyl (C=O) groups excluding carboxylic acids is 1.